The Morgan fingerprint density at radius 1 is 1.26 bits per heavy atom. The lowest BCUT2D eigenvalue weighted by atomic mass is 10.0. The Morgan fingerprint density at radius 2 is 2.13 bits per heavy atom. The first kappa shape index (κ1) is 15.2. The van der Waals surface area contributed by atoms with Crippen LogP contribution in [0.4, 0.5) is 0 Å². The maximum absolute atomic E-state index is 11.3. The molecule has 117 valence electrons. The van der Waals surface area contributed by atoms with Gasteiger partial charge in [0.2, 0.25) is 0 Å². The third kappa shape index (κ3) is 2.95. The number of benzene rings is 2. The highest BCUT2D eigenvalue weighted by atomic mass is 32.1. The number of methoxy groups -OCH3 is 2. The average molecular weight is 329 g/mol. The molecule has 0 atom stereocenters. The predicted molar refractivity (Wildman–Crippen MR) is 85.8 cm³/mol. The summed E-state index contributed by atoms with van der Waals surface area (Å²) in [7, 11) is 2.88. The molecule has 6 nitrogen and oxygen atoms in total. The van der Waals surface area contributed by atoms with E-state index in [1.165, 1.54) is 7.11 Å². The number of ether oxygens (including phenoxy) is 3. The van der Waals surface area contributed by atoms with Crippen molar-refractivity contribution in [1.82, 2.24) is 8.75 Å². The summed E-state index contributed by atoms with van der Waals surface area (Å²) in [5, 5.41) is 0. The molecule has 23 heavy (non-hydrogen) atoms. The second-order valence-corrected chi connectivity index (χ2v) is 5.08. The normalized spacial score (nSPS) is 10.5. The summed E-state index contributed by atoms with van der Waals surface area (Å²) < 4.78 is 24.2. The molecule has 0 spiro atoms. The first-order chi connectivity index (χ1) is 11.2. The quantitative estimate of drug-likeness (QED) is 0.670. The van der Waals surface area contributed by atoms with Crippen LogP contribution in [0.5, 0.6) is 11.5 Å². The van der Waals surface area contributed by atoms with Gasteiger partial charge in [0.05, 0.1) is 31.5 Å². The number of hydrogen-bond acceptors (Lipinski definition) is 7. The highest BCUT2D eigenvalue weighted by Gasteiger charge is 2.18. The van der Waals surface area contributed by atoms with E-state index in [1.807, 2.05) is 18.2 Å². The number of esters is 1. The summed E-state index contributed by atoms with van der Waals surface area (Å²) in [4.78, 5) is 11.3. The van der Waals surface area contributed by atoms with E-state index in [0.29, 0.717) is 17.1 Å². The molecule has 1 heterocycles. The molecule has 0 unspecified atom stereocenters. The van der Waals surface area contributed by atoms with Crippen molar-refractivity contribution in [3.05, 3.63) is 36.4 Å². The Labute approximate surface area is 136 Å². The molecule has 0 aliphatic rings. The van der Waals surface area contributed by atoms with Gasteiger partial charge < -0.3 is 14.2 Å². The van der Waals surface area contributed by atoms with Gasteiger partial charge in [-0.2, -0.15) is 8.75 Å². The summed E-state index contributed by atoms with van der Waals surface area (Å²) in [5.74, 6) is 0.528. The zero-order chi connectivity index (χ0) is 16.2. The lowest BCUT2D eigenvalue weighted by Crippen LogP contribution is -2.13. The van der Waals surface area contributed by atoms with Gasteiger partial charge in [-0.1, -0.05) is 12.1 Å². The zero-order valence-electron chi connectivity index (χ0n) is 12.5. The second-order valence-electron chi connectivity index (χ2n) is 4.55. The topological polar surface area (TPSA) is 70.5 Å². The maximum Gasteiger partial charge on any atom is 0.343 e. The molecule has 1 radical (unpaired) electrons. The van der Waals surface area contributed by atoms with Gasteiger partial charge in [0.1, 0.15) is 22.5 Å². The largest absolute Gasteiger partial charge is 0.496 e. The molecule has 0 aliphatic carbocycles. The van der Waals surface area contributed by atoms with Crippen molar-refractivity contribution in [3.8, 4) is 22.6 Å². The van der Waals surface area contributed by atoms with E-state index in [-0.39, 0.29) is 6.61 Å². The lowest BCUT2D eigenvalue weighted by molar-refractivity contribution is -0.142. The van der Waals surface area contributed by atoms with E-state index >= 15 is 0 Å². The summed E-state index contributed by atoms with van der Waals surface area (Å²) in [5.41, 5.74) is 3.03. The molecule has 0 bridgehead atoms. The molecule has 0 amide bonds. The zero-order valence-corrected chi connectivity index (χ0v) is 13.3. The number of carbonyl (C=O) groups is 1. The Kier molecular flexibility index (Phi) is 4.38. The fourth-order valence-corrected chi connectivity index (χ4v) is 2.75. The molecule has 0 saturated heterocycles. The third-order valence-electron chi connectivity index (χ3n) is 3.26. The van der Waals surface area contributed by atoms with Crippen LogP contribution in [0.2, 0.25) is 0 Å². The summed E-state index contributed by atoms with van der Waals surface area (Å²) >= 11 is 1.14. The minimum Gasteiger partial charge on any atom is -0.496 e. The number of aromatic nitrogens is 2. The van der Waals surface area contributed by atoms with Crippen molar-refractivity contribution < 1.29 is 19.0 Å². The van der Waals surface area contributed by atoms with Crippen LogP contribution >= 0.6 is 11.7 Å². The number of fused-ring (bicyclic) bond motifs is 1. The average Bonchev–Trinajstić information content (AvgIpc) is 3.08. The minimum absolute atomic E-state index is 0.210. The number of nitrogens with zero attached hydrogens (tertiary/aromatic N) is 2. The Bertz CT molecular complexity index is 847. The van der Waals surface area contributed by atoms with E-state index in [9.17, 15) is 4.79 Å². The van der Waals surface area contributed by atoms with Gasteiger partial charge in [-0.05, 0) is 18.2 Å². The number of rotatable bonds is 5. The van der Waals surface area contributed by atoms with Gasteiger partial charge in [0.25, 0.3) is 0 Å². The smallest absolute Gasteiger partial charge is 0.343 e. The summed E-state index contributed by atoms with van der Waals surface area (Å²) in [6.45, 7) is -0.210. The molecular weight excluding hydrogens is 316 g/mol. The van der Waals surface area contributed by atoms with Gasteiger partial charge in [-0.25, -0.2) is 4.79 Å². The standard InChI is InChI=1S/C16H13N2O4S/c1-20-12-7-4-8-13(22-9-14(19)21-2)15(12)10-5-3-6-11-16(10)18-23-17-11/h3-7H,9H2,1-2H3. The van der Waals surface area contributed by atoms with Crippen LogP contribution < -0.4 is 9.47 Å². The van der Waals surface area contributed by atoms with E-state index in [1.54, 1.807) is 19.2 Å². The second kappa shape index (κ2) is 6.62. The third-order valence-corrected chi connectivity index (χ3v) is 3.80. The van der Waals surface area contributed by atoms with Crippen LogP contribution in [0.25, 0.3) is 22.2 Å². The molecule has 0 aliphatic heterocycles. The first-order valence-corrected chi connectivity index (χ1v) is 7.47. The monoisotopic (exact) mass is 329 g/mol. The molecule has 0 fully saturated rings. The van der Waals surface area contributed by atoms with Crippen molar-refractivity contribution >= 4 is 28.7 Å². The van der Waals surface area contributed by atoms with Crippen LogP contribution in [0.15, 0.2) is 30.3 Å². The van der Waals surface area contributed by atoms with E-state index in [4.69, 9.17) is 9.47 Å². The van der Waals surface area contributed by atoms with Gasteiger partial charge in [0, 0.05) is 11.6 Å². The predicted octanol–water partition coefficient (Wildman–Crippen LogP) is 2.72. The lowest BCUT2D eigenvalue weighted by Gasteiger charge is -2.14. The summed E-state index contributed by atoms with van der Waals surface area (Å²) in [6.07, 6.45) is 0. The highest BCUT2D eigenvalue weighted by Crippen LogP contribution is 2.40. The number of carbonyl (C=O) groups excluding carboxylic acids is 1. The van der Waals surface area contributed by atoms with Crippen molar-refractivity contribution in [2.24, 2.45) is 0 Å². The van der Waals surface area contributed by atoms with E-state index in [0.717, 1.165) is 28.3 Å². The van der Waals surface area contributed by atoms with Crippen LogP contribution in [0, 0.1) is 6.07 Å². The van der Waals surface area contributed by atoms with Crippen LogP contribution in [-0.2, 0) is 9.53 Å². The Hall–Kier alpha value is -2.67. The summed E-state index contributed by atoms with van der Waals surface area (Å²) in [6, 6.07) is 12.1. The molecule has 0 saturated carbocycles. The van der Waals surface area contributed by atoms with Crippen molar-refractivity contribution in [2.45, 2.75) is 0 Å². The van der Waals surface area contributed by atoms with Crippen LogP contribution in [0.1, 0.15) is 0 Å². The van der Waals surface area contributed by atoms with Gasteiger partial charge in [-0.15, -0.1) is 0 Å². The fourth-order valence-electron chi connectivity index (χ4n) is 2.20. The van der Waals surface area contributed by atoms with Crippen LogP contribution in [0.3, 0.4) is 0 Å². The highest BCUT2D eigenvalue weighted by molar-refractivity contribution is 7.00. The fraction of sp³-hybridized carbons (Fsp3) is 0.188. The molecule has 2 aromatic carbocycles. The molecule has 7 heteroatoms. The van der Waals surface area contributed by atoms with Crippen molar-refractivity contribution in [3.63, 3.8) is 0 Å². The van der Waals surface area contributed by atoms with E-state index < -0.39 is 5.97 Å². The Morgan fingerprint density at radius 3 is 2.91 bits per heavy atom. The van der Waals surface area contributed by atoms with Gasteiger partial charge >= 0.3 is 5.97 Å². The van der Waals surface area contributed by atoms with Crippen LogP contribution in [-0.4, -0.2) is 35.5 Å². The van der Waals surface area contributed by atoms with E-state index in [2.05, 4.69) is 19.6 Å². The maximum atomic E-state index is 11.3. The van der Waals surface area contributed by atoms with Gasteiger partial charge in [0.15, 0.2) is 6.61 Å². The molecule has 3 rings (SSSR count). The van der Waals surface area contributed by atoms with Crippen molar-refractivity contribution in [1.29, 1.82) is 0 Å². The SMILES string of the molecule is COC(=O)COc1[c]ccc(OC)c1-c1cccc2nsnc12. The number of hydrogen-bond donors (Lipinski definition) is 0. The van der Waals surface area contributed by atoms with Crippen molar-refractivity contribution in [2.75, 3.05) is 20.8 Å². The Balaban J connectivity index is 2.13. The minimum atomic E-state index is -0.472. The van der Waals surface area contributed by atoms with Gasteiger partial charge in [-0.3, -0.25) is 0 Å². The molecule has 3 aromatic rings. The molecule has 1 aromatic heterocycles. The molecule has 0 N–H and O–H groups in total. The molecular formula is C16H13N2O4S. The first-order valence-electron chi connectivity index (χ1n) is 6.74.